The molecule has 1 aliphatic rings. The van der Waals surface area contributed by atoms with Crippen LogP contribution in [0.2, 0.25) is 0 Å². The van der Waals surface area contributed by atoms with Crippen molar-refractivity contribution in [1.82, 2.24) is 0 Å². The largest absolute Gasteiger partial charge is 0.384 e. The lowest BCUT2D eigenvalue weighted by Crippen LogP contribution is -2.18. The molecule has 0 bridgehead atoms. The summed E-state index contributed by atoms with van der Waals surface area (Å²) in [4.78, 5) is 0. The van der Waals surface area contributed by atoms with Crippen LogP contribution < -0.4 is 0 Å². The molecule has 2 heteroatoms. The standard InChI is InChI=1S/C16H16O2/c1-2-10-7-8-13-14(9-10)16(18)12-6-4-3-5-11(12)15(13)17/h3-9,15-18H,2H2,1H3/t15-,16+/m0/s1. The van der Waals surface area contributed by atoms with Gasteiger partial charge in [-0.3, -0.25) is 0 Å². The predicted molar refractivity (Wildman–Crippen MR) is 70.4 cm³/mol. The van der Waals surface area contributed by atoms with Crippen LogP contribution in [0, 0.1) is 0 Å². The van der Waals surface area contributed by atoms with E-state index in [9.17, 15) is 10.2 Å². The third-order valence-corrected chi connectivity index (χ3v) is 3.73. The minimum absolute atomic E-state index is 0.633. The van der Waals surface area contributed by atoms with Gasteiger partial charge in [-0.2, -0.15) is 0 Å². The van der Waals surface area contributed by atoms with Crippen LogP contribution in [0.25, 0.3) is 0 Å². The molecule has 92 valence electrons. The Morgan fingerprint density at radius 3 is 2.00 bits per heavy atom. The second-order valence-corrected chi connectivity index (χ2v) is 4.75. The Hall–Kier alpha value is -1.64. The minimum Gasteiger partial charge on any atom is -0.384 e. The Labute approximate surface area is 107 Å². The molecule has 0 spiro atoms. The van der Waals surface area contributed by atoms with Crippen LogP contribution in [0.3, 0.4) is 0 Å². The fraction of sp³-hybridized carbons (Fsp3) is 0.250. The molecule has 2 atom stereocenters. The minimum atomic E-state index is -0.634. The van der Waals surface area contributed by atoms with Gasteiger partial charge >= 0.3 is 0 Å². The Morgan fingerprint density at radius 1 is 0.833 bits per heavy atom. The number of hydrogen-bond acceptors (Lipinski definition) is 2. The normalized spacial score (nSPS) is 21.3. The van der Waals surface area contributed by atoms with E-state index in [1.165, 1.54) is 5.56 Å². The number of aliphatic hydroxyl groups excluding tert-OH is 2. The zero-order valence-electron chi connectivity index (χ0n) is 10.3. The van der Waals surface area contributed by atoms with E-state index < -0.39 is 12.2 Å². The lowest BCUT2D eigenvalue weighted by molar-refractivity contribution is 0.173. The van der Waals surface area contributed by atoms with Gasteiger partial charge in [0.15, 0.2) is 0 Å². The number of fused-ring (bicyclic) bond motifs is 2. The number of hydrogen-bond donors (Lipinski definition) is 2. The Bertz CT molecular complexity index is 589. The lowest BCUT2D eigenvalue weighted by atomic mass is 9.81. The van der Waals surface area contributed by atoms with E-state index in [0.717, 1.165) is 28.7 Å². The van der Waals surface area contributed by atoms with Crippen molar-refractivity contribution in [3.8, 4) is 0 Å². The average molecular weight is 240 g/mol. The molecule has 2 aromatic rings. The van der Waals surface area contributed by atoms with Gasteiger partial charge in [-0.05, 0) is 34.2 Å². The summed E-state index contributed by atoms with van der Waals surface area (Å²) in [6.45, 7) is 2.08. The molecule has 0 saturated heterocycles. The number of aryl methyl sites for hydroxylation is 1. The van der Waals surface area contributed by atoms with Crippen LogP contribution in [0.1, 0.15) is 46.9 Å². The molecule has 2 nitrogen and oxygen atoms in total. The van der Waals surface area contributed by atoms with Crippen LogP contribution in [0.15, 0.2) is 42.5 Å². The van der Waals surface area contributed by atoms with E-state index in [1.54, 1.807) is 0 Å². The molecule has 2 N–H and O–H groups in total. The summed E-state index contributed by atoms with van der Waals surface area (Å²) in [7, 11) is 0. The molecule has 0 unspecified atom stereocenters. The first-order valence-electron chi connectivity index (χ1n) is 6.30. The van der Waals surface area contributed by atoms with Crippen molar-refractivity contribution in [1.29, 1.82) is 0 Å². The number of rotatable bonds is 1. The maximum Gasteiger partial charge on any atom is 0.105 e. The second-order valence-electron chi connectivity index (χ2n) is 4.75. The van der Waals surface area contributed by atoms with E-state index in [0.29, 0.717) is 0 Å². The molecule has 0 amide bonds. The molecule has 0 aromatic heterocycles. The van der Waals surface area contributed by atoms with Gasteiger partial charge in [-0.15, -0.1) is 0 Å². The summed E-state index contributed by atoms with van der Waals surface area (Å²) in [5, 5.41) is 20.8. The summed E-state index contributed by atoms with van der Waals surface area (Å²) in [6.07, 6.45) is -0.339. The SMILES string of the molecule is CCc1ccc2c(c1)[C@H](O)c1ccccc1[C@@H]2O. The van der Waals surface area contributed by atoms with Crippen LogP contribution >= 0.6 is 0 Å². The van der Waals surface area contributed by atoms with Gasteiger partial charge in [0.05, 0.1) is 0 Å². The van der Waals surface area contributed by atoms with Crippen LogP contribution in [0.4, 0.5) is 0 Å². The van der Waals surface area contributed by atoms with Gasteiger partial charge < -0.3 is 10.2 Å². The van der Waals surface area contributed by atoms with Crippen LogP contribution in [-0.2, 0) is 6.42 Å². The van der Waals surface area contributed by atoms with Gasteiger partial charge in [0.1, 0.15) is 12.2 Å². The molecule has 0 radical (unpaired) electrons. The summed E-state index contributed by atoms with van der Waals surface area (Å²) >= 11 is 0. The van der Waals surface area contributed by atoms with E-state index in [-0.39, 0.29) is 0 Å². The quantitative estimate of drug-likeness (QED) is 0.804. The molecule has 3 rings (SSSR count). The number of benzene rings is 2. The Morgan fingerprint density at radius 2 is 1.39 bits per heavy atom. The third-order valence-electron chi connectivity index (χ3n) is 3.73. The molecule has 0 fully saturated rings. The van der Waals surface area contributed by atoms with Crippen molar-refractivity contribution in [2.45, 2.75) is 25.6 Å². The summed E-state index contributed by atoms with van der Waals surface area (Å²) < 4.78 is 0. The average Bonchev–Trinajstić information content (AvgIpc) is 2.44. The highest BCUT2D eigenvalue weighted by Crippen LogP contribution is 2.40. The first-order chi connectivity index (χ1) is 8.72. The lowest BCUT2D eigenvalue weighted by Gasteiger charge is -2.29. The van der Waals surface area contributed by atoms with Crippen molar-refractivity contribution in [2.24, 2.45) is 0 Å². The zero-order valence-corrected chi connectivity index (χ0v) is 10.3. The molecular weight excluding hydrogens is 224 g/mol. The monoisotopic (exact) mass is 240 g/mol. The van der Waals surface area contributed by atoms with E-state index in [2.05, 4.69) is 6.92 Å². The van der Waals surface area contributed by atoms with Crippen molar-refractivity contribution in [3.05, 3.63) is 70.3 Å². The van der Waals surface area contributed by atoms with Crippen molar-refractivity contribution >= 4 is 0 Å². The molecule has 1 aliphatic carbocycles. The maximum atomic E-state index is 10.4. The van der Waals surface area contributed by atoms with Gasteiger partial charge in [-0.1, -0.05) is 49.4 Å². The second kappa shape index (κ2) is 4.23. The first kappa shape index (κ1) is 11.5. The highest BCUT2D eigenvalue weighted by atomic mass is 16.3. The van der Waals surface area contributed by atoms with Crippen molar-refractivity contribution in [2.75, 3.05) is 0 Å². The highest BCUT2D eigenvalue weighted by molar-refractivity contribution is 5.50. The molecule has 0 heterocycles. The van der Waals surface area contributed by atoms with E-state index in [4.69, 9.17) is 0 Å². The van der Waals surface area contributed by atoms with Gasteiger partial charge in [0.25, 0.3) is 0 Å². The van der Waals surface area contributed by atoms with Gasteiger partial charge in [0, 0.05) is 0 Å². The summed E-state index contributed by atoms with van der Waals surface area (Å²) in [5.74, 6) is 0. The molecular formula is C16H16O2. The smallest absolute Gasteiger partial charge is 0.105 e. The topological polar surface area (TPSA) is 40.5 Å². The van der Waals surface area contributed by atoms with E-state index >= 15 is 0 Å². The van der Waals surface area contributed by atoms with Crippen LogP contribution in [0.5, 0.6) is 0 Å². The third kappa shape index (κ3) is 1.57. The summed E-state index contributed by atoms with van der Waals surface area (Å²) in [5.41, 5.74) is 4.45. The van der Waals surface area contributed by atoms with E-state index in [1.807, 2.05) is 42.5 Å². The maximum absolute atomic E-state index is 10.4. The molecule has 0 saturated carbocycles. The predicted octanol–water partition coefficient (Wildman–Crippen LogP) is 2.73. The summed E-state index contributed by atoms with van der Waals surface area (Å²) in [6, 6.07) is 13.5. The Balaban J connectivity index is 2.20. The number of aliphatic hydroxyl groups is 2. The van der Waals surface area contributed by atoms with Crippen molar-refractivity contribution < 1.29 is 10.2 Å². The van der Waals surface area contributed by atoms with Crippen LogP contribution in [-0.4, -0.2) is 10.2 Å². The molecule has 0 aliphatic heterocycles. The highest BCUT2D eigenvalue weighted by Gasteiger charge is 2.29. The van der Waals surface area contributed by atoms with Gasteiger partial charge in [-0.25, -0.2) is 0 Å². The van der Waals surface area contributed by atoms with Gasteiger partial charge in [0.2, 0.25) is 0 Å². The van der Waals surface area contributed by atoms with Crippen molar-refractivity contribution in [3.63, 3.8) is 0 Å². The Kier molecular flexibility index (Phi) is 2.69. The molecule has 2 aromatic carbocycles. The molecule has 18 heavy (non-hydrogen) atoms. The fourth-order valence-corrected chi connectivity index (χ4v) is 2.67. The zero-order chi connectivity index (χ0) is 12.7. The fourth-order valence-electron chi connectivity index (χ4n) is 2.67. The first-order valence-corrected chi connectivity index (χ1v) is 6.30.